The zero-order valence-electron chi connectivity index (χ0n) is 14.0. The Hall–Kier alpha value is -2.22. The molecule has 1 amide bonds. The molecule has 1 heterocycles. The number of halogens is 1. The SMILES string of the molecule is CCCCNC(=O)COC(=O)CCn1cnc2ccc(Br)cc2c1=O. The number of amides is 1. The largest absolute Gasteiger partial charge is 0.456 e. The number of hydrogen-bond acceptors (Lipinski definition) is 5. The van der Waals surface area contributed by atoms with Gasteiger partial charge in [-0.15, -0.1) is 0 Å². The van der Waals surface area contributed by atoms with E-state index in [-0.39, 0.29) is 31.0 Å². The minimum Gasteiger partial charge on any atom is -0.456 e. The molecule has 134 valence electrons. The van der Waals surface area contributed by atoms with Crippen LogP contribution in [0.1, 0.15) is 26.2 Å². The minimum atomic E-state index is -0.535. The van der Waals surface area contributed by atoms with Crippen molar-refractivity contribution in [2.24, 2.45) is 0 Å². The Balaban J connectivity index is 1.87. The van der Waals surface area contributed by atoms with E-state index in [1.165, 1.54) is 10.9 Å². The molecule has 0 aliphatic heterocycles. The maximum absolute atomic E-state index is 12.4. The lowest BCUT2D eigenvalue weighted by Crippen LogP contribution is -2.30. The Bertz CT molecular complexity index is 819. The summed E-state index contributed by atoms with van der Waals surface area (Å²) >= 11 is 3.32. The van der Waals surface area contributed by atoms with Crippen LogP contribution in [0.15, 0.2) is 33.8 Å². The molecule has 7 nitrogen and oxygen atoms in total. The van der Waals surface area contributed by atoms with Crippen molar-refractivity contribution in [1.82, 2.24) is 14.9 Å². The molecule has 0 saturated heterocycles. The minimum absolute atomic E-state index is 0.0106. The van der Waals surface area contributed by atoms with E-state index in [1.54, 1.807) is 12.1 Å². The number of benzene rings is 1. The van der Waals surface area contributed by atoms with Gasteiger partial charge < -0.3 is 10.1 Å². The smallest absolute Gasteiger partial charge is 0.308 e. The molecule has 0 unspecified atom stereocenters. The Kier molecular flexibility index (Phi) is 7.12. The molecular formula is C17H20BrN3O4. The first-order valence-corrected chi connectivity index (χ1v) is 8.87. The van der Waals surface area contributed by atoms with Crippen LogP contribution >= 0.6 is 15.9 Å². The van der Waals surface area contributed by atoms with Gasteiger partial charge in [0.2, 0.25) is 0 Å². The quantitative estimate of drug-likeness (QED) is 0.531. The molecule has 2 aromatic rings. The fourth-order valence-electron chi connectivity index (χ4n) is 2.18. The van der Waals surface area contributed by atoms with E-state index in [0.29, 0.717) is 17.4 Å². The van der Waals surface area contributed by atoms with Crippen LogP contribution in [-0.2, 0) is 20.9 Å². The summed E-state index contributed by atoms with van der Waals surface area (Å²) in [7, 11) is 0. The van der Waals surface area contributed by atoms with Gasteiger partial charge in [0.1, 0.15) is 0 Å². The maximum atomic E-state index is 12.4. The summed E-state index contributed by atoms with van der Waals surface area (Å²) in [6.07, 6.45) is 3.26. The average molecular weight is 410 g/mol. The van der Waals surface area contributed by atoms with Crippen LogP contribution in [0.5, 0.6) is 0 Å². The van der Waals surface area contributed by atoms with Gasteiger partial charge in [-0.1, -0.05) is 29.3 Å². The first kappa shape index (κ1) is 19.1. The Morgan fingerprint density at radius 3 is 2.92 bits per heavy atom. The van der Waals surface area contributed by atoms with Gasteiger partial charge in [-0.05, 0) is 24.6 Å². The van der Waals surface area contributed by atoms with Gasteiger partial charge in [-0.3, -0.25) is 19.0 Å². The van der Waals surface area contributed by atoms with E-state index in [2.05, 4.69) is 26.2 Å². The molecule has 25 heavy (non-hydrogen) atoms. The van der Waals surface area contributed by atoms with Gasteiger partial charge >= 0.3 is 5.97 Å². The third-order valence-corrected chi connectivity index (χ3v) is 4.05. The van der Waals surface area contributed by atoms with Crippen molar-refractivity contribution in [2.45, 2.75) is 32.7 Å². The predicted octanol–water partition coefficient (Wildman–Crippen LogP) is 2.01. The lowest BCUT2D eigenvalue weighted by Gasteiger charge is -2.08. The molecule has 0 aliphatic carbocycles. The molecule has 1 N–H and O–H groups in total. The summed E-state index contributed by atoms with van der Waals surface area (Å²) in [5.74, 6) is -0.858. The van der Waals surface area contributed by atoms with Crippen LogP contribution in [0, 0.1) is 0 Å². The molecule has 0 radical (unpaired) electrons. The van der Waals surface area contributed by atoms with E-state index in [1.807, 2.05) is 13.0 Å². The average Bonchev–Trinajstić information content (AvgIpc) is 2.60. The summed E-state index contributed by atoms with van der Waals surface area (Å²) in [5, 5.41) is 3.13. The molecule has 1 aromatic heterocycles. The highest BCUT2D eigenvalue weighted by Gasteiger charge is 2.10. The van der Waals surface area contributed by atoms with Gasteiger partial charge in [-0.2, -0.15) is 0 Å². The predicted molar refractivity (Wildman–Crippen MR) is 97.2 cm³/mol. The second kappa shape index (κ2) is 9.31. The van der Waals surface area contributed by atoms with Crippen molar-refractivity contribution in [3.05, 3.63) is 39.4 Å². The zero-order chi connectivity index (χ0) is 18.2. The molecule has 0 bridgehead atoms. The number of hydrogen-bond donors (Lipinski definition) is 1. The van der Waals surface area contributed by atoms with Crippen molar-refractivity contribution in [3.8, 4) is 0 Å². The number of aryl methyl sites for hydroxylation is 1. The van der Waals surface area contributed by atoms with Crippen molar-refractivity contribution in [1.29, 1.82) is 0 Å². The lowest BCUT2D eigenvalue weighted by atomic mass is 10.2. The Labute approximate surface area is 153 Å². The standard InChI is InChI=1S/C17H20BrN3O4/c1-2-3-7-19-15(22)10-25-16(23)6-8-21-11-20-14-5-4-12(18)9-13(14)17(21)24/h4-5,9,11H,2-3,6-8,10H2,1H3,(H,19,22). The van der Waals surface area contributed by atoms with E-state index >= 15 is 0 Å². The topological polar surface area (TPSA) is 90.3 Å². The first-order chi connectivity index (χ1) is 12.0. The van der Waals surface area contributed by atoms with Crippen molar-refractivity contribution < 1.29 is 14.3 Å². The van der Waals surface area contributed by atoms with Crippen molar-refractivity contribution >= 4 is 38.7 Å². The van der Waals surface area contributed by atoms with Gasteiger partial charge in [-0.25, -0.2) is 4.98 Å². The number of unbranched alkanes of at least 4 members (excludes halogenated alkanes) is 1. The number of nitrogens with one attached hydrogen (secondary N) is 1. The third-order valence-electron chi connectivity index (χ3n) is 3.56. The molecule has 8 heteroatoms. The van der Waals surface area contributed by atoms with E-state index in [4.69, 9.17) is 4.74 Å². The third kappa shape index (κ3) is 5.67. The number of carbonyl (C=O) groups excluding carboxylic acids is 2. The highest BCUT2D eigenvalue weighted by molar-refractivity contribution is 9.10. The van der Waals surface area contributed by atoms with Crippen LogP contribution in [0.4, 0.5) is 0 Å². The van der Waals surface area contributed by atoms with E-state index in [0.717, 1.165) is 17.3 Å². The number of aromatic nitrogens is 2. The highest BCUT2D eigenvalue weighted by Crippen LogP contribution is 2.14. The van der Waals surface area contributed by atoms with E-state index < -0.39 is 5.97 Å². The zero-order valence-corrected chi connectivity index (χ0v) is 15.5. The van der Waals surface area contributed by atoms with Gasteiger partial charge in [0.05, 0.1) is 23.7 Å². The van der Waals surface area contributed by atoms with Crippen LogP contribution in [-0.4, -0.2) is 34.6 Å². The second-order valence-corrected chi connectivity index (χ2v) is 6.43. The van der Waals surface area contributed by atoms with Gasteiger partial charge in [0, 0.05) is 17.6 Å². The summed E-state index contributed by atoms with van der Waals surface area (Å²) in [6, 6.07) is 5.25. The molecule has 0 fully saturated rings. The summed E-state index contributed by atoms with van der Waals surface area (Å²) in [5.41, 5.74) is 0.368. The number of esters is 1. The molecule has 0 spiro atoms. The second-order valence-electron chi connectivity index (χ2n) is 5.52. The van der Waals surface area contributed by atoms with Crippen LogP contribution in [0.2, 0.25) is 0 Å². The monoisotopic (exact) mass is 409 g/mol. The van der Waals surface area contributed by atoms with Gasteiger partial charge in [0.15, 0.2) is 6.61 Å². The number of rotatable bonds is 8. The number of nitrogens with zero attached hydrogens (tertiary/aromatic N) is 2. The molecule has 0 atom stereocenters. The van der Waals surface area contributed by atoms with Crippen LogP contribution in [0.3, 0.4) is 0 Å². The van der Waals surface area contributed by atoms with Crippen molar-refractivity contribution in [3.63, 3.8) is 0 Å². The molecule has 1 aromatic carbocycles. The molecular weight excluding hydrogens is 390 g/mol. The summed E-state index contributed by atoms with van der Waals surface area (Å²) in [4.78, 5) is 39.8. The number of carbonyl (C=O) groups is 2. The first-order valence-electron chi connectivity index (χ1n) is 8.08. The number of fused-ring (bicyclic) bond motifs is 1. The van der Waals surface area contributed by atoms with Gasteiger partial charge in [0.25, 0.3) is 11.5 Å². The summed E-state index contributed by atoms with van der Waals surface area (Å²) < 4.78 is 7.05. The fraction of sp³-hybridized carbons (Fsp3) is 0.412. The molecule has 2 rings (SSSR count). The van der Waals surface area contributed by atoms with Crippen molar-refractivity contribution in [2.75, 3.05) is 13.2 Å². The molecule has 0 aliphatic rings. The van der Waals surface area contributed by atoms with Crippen LogP contribution in [0.25, 0.3) is 10.9 Å². The lowest BCUT2D eigenvalue weighted by molar-refractivity contribution is -0.148. The Morgan fingerprint density at radius 2 is 2.16 bits per heavy atom. The fourth-order valence-corrected chi connectivity index (χ4v) is 2.54. The van der Waals surface area contributed by atoms with Crippen LogP contribution < -0.4 is 10.9 Å². The normalized spacial score (nSPS) is 10.6. The number of ether oxygens (including phenoxy) is 1. The maximum Gasteiger partial charge on any atom is 0.308 e. The Morgan fingerprint density at radius 1 is 1.36 bits per heavy atom. The summed E-state index contributed by atoms with van der Waals surface area (Å²) in [6.45, 7) is 2.43. The molecule has 0 saturated carbocycles. The van der Waals surface area contributed by atoms with E-state index in [9.17, 15) is 14.4 Å². The highest BCUT2D eigenvalue weighted by atomic mass is 79.9.